The van der Waals surface area contributed by atoms with Crippen LogP contribution in [-0.4, -0.2) is 9.97 Å². The molecule has 2 aliphatic rings. The van der Waals surface area contributed by atoms with Gasteiger partial charge in [0, 0.05) is 0 Å². The number of fused-ring (bicyclic) bond motifs is 3. The maximum absolute atomic E-state index is 11.3. The van der Waals surface area contributed by atoms with Crippen molar-refractivity contribution >= 4 is 22.6 Å². The van der Waals surface area contributed by atoms with Crippen LogP contribution >= 0.6 is 11.6 Å². The number of imidazole rings is 1. The molecule has 20 heavy (non-hydrogen) atoms. The first-order chi connectivity index (χ1) is 9.69. The Hall–Kier alpha value is -1.22. The summed E-state index contributed by atoms with van der Waals surface area (Å²) >= 11 is 6.63. The van der Waals surface area contributed by atoms with Gasteiger partial charge in [0.15, 0.2) is 0 Å². The van der Waals surface area contributed by atoms with Gasteiger partial charge in [0.1, 0.15) is 0 Å². The lowest BCUT2D eigenvalue weighted by Gasteiger charge is -2.24. The number of benzene rings is 1. The summed E-state index contributed by atoms with van der Waals surface area (Å²) in [6.07, 6.45) is 6.71. The molecule has 2 aliphatic carbocycles. The number of halogens is 1. The molecule has 4 atom stereocenters. The maximum atomic E-state index is 11.3. The summed E-state index contributed by atoms with van der Waals surface area (Å²) in [5, 5.41) is 0.0575. The summed E-state index contributed by atoms with van der Waals surface area (Å²) in [6.45, 7) is 0. The third-order valence-electron chi connectivity index (χ3n) is 5.30. The lowest BCUT2D eigenvalue weighted by atomic mass is 9.84. The molecule has 106 valence electrons. The van der Waals surface area contributed by atoms with Crippen LogP contribution in [0.4, 0.5) is 0 Å². The summed E-state index contributed by atoms with van der Waals surface area (Å²) < 4.78 is 0. The van der Waals surface area contributed by atoms with Gasteiger partial charge in [-0.1, -0.05) is 12.5 Å². The molecule has 4 heteroatoms. The number of H-pyrrole nitrogens is 2. The highest BCUT2D eigenvalue weighted by atomic mass is 35.5. The highest BCUT2D eigenvalue weighted by molar-refractivity contribution is 6.20. The SMILES string of the molecule is O=c1[nH]c2ccc(C(Cl)CC3CC4CCC3C4)cc2[nH]1. The first-order valence-corrected chi connectivity index (χ1v) is 7.98. The average molecular weight is 291 g/mol. The molecule has 1 heterocycles. The number of hydrogen-bond acceptors (Lipinski definition) is 1. The Balaban J connectivity index is 1.54. The molecule has 2 aromatic rings. The third-order valence-corrected chi connectivity index (χ3v) is 5.73. The Bertz CT molecular complexity index is 689. The zero-order valence-electron chi connectivity index (χ0n) is 11.4. The molecular formula is C16H19ClN2O. The van der Waals surface area contributed by atoms with Crippen LogP contribution in [0.1, 0.15) is 43.0 Å². The van der Waals surface area contributed by atoms with Crippen molar-refractivity contribution in [1.82, 2.24) is 9.97 Å². The largest absolute Gasteiger partial charge is 0.323 e. The average Bonchev–Trinajstić information content (AvgIpc) is 3.10. The summed E-state index contributed by atoms with van der Waals surface area (Å²) in [5.74, 6) is 2.69. The van der Waals surface area contributed by atoms with E-state index in [0.717, 1.165) is 40.8 Å². The molecule has 0 aliphatic heterocycles. The summed E-state index contributed by atoms with van der Waals surface area (Å²) in [4.78, 5) is 16.9. The van der Waals surface area contributed by atoms with E-state index in [9.17, 15) is 4.79 Å². The Kier molecular flexibility index (Phi) is 2.92. The van der Waals surface area contributed by atoms with Crippen molar-refractivity contribution in [3.05, 3.63) is 34.2 Å². The van der Waals surface area contributed by atoms with E-state index in [1.807, 2.05) is 18.2 Å². The van der Waals surface area contributed by atoms with E-state index in [0.29, 0.717) is 0 Å². The predicted octanol–water partition coefficient (Wildman–Crippen LogP) is 3.96. The van der Waals surface area contributed by atoms with Crippen molar-refractivity contribution in [1.29, 1.82) is 0 Å². The Morgan fingerprint density at radius 1 is 1.20 bits per heavy atom. The van der Waals surface area contributed by atoms with Crippen LogP contribution in [0.25, 0.3) is 11.0 Å². The molecule has 2 bridgehead atoms. The van der Waals surface area contributed by atoms with Crippen molar-refractivity contribution in [3.8, 4) is 0 Å². The Morgan fingerprint density at radius 3 is 2.80 bits per heavy atom. The molecule has 0 radical (unpaired) electrons. The second-order valence-corrected chi connectivity index (χ2v) is 7.05. The number of aromatic amines is 2. The van der Waals surface area contributed by atoms with Crippen molar-refractivity contribution in [3.63, 3.8) is 0 Å². The van der Waals surface area contributed by atoms with Crippen LogP contribution in [0.3, 0.4) is 0 Å². The van der Waals surface area contributed by atoms with E-state index >= 15 is 0 Å². The normalized spacial score (nSPS) is 30.1. The zero-order chi connectivity index (χ0) is 13.7. The molecule has 3 nitrogen and oxygen atoms in total. The van der Waals surface area contributed by atoms with Crippen LogP contribution in [0.2, 0.25) is 0 Å². The molecule has 0 amide bonds. The standard InChI is InChI=1S/C16H19ClN2O/c17-13(7-12-6-9-1-2-10(12)5-9)11-3-4-14-15(8-11)19-16(20)18-14/h3-4,8-10,12-13H,1-2,5-7H2,(H2,18,19,20). The second-order valence-electron chi connectivity index (χ2n) is 6.52. The first-order valence-electron chi connectivity index (χ1n) is 7.55. The smallest absolute Gasteiger partial charge is 0.306 e. The molecule has 0 saturated heterocycles. The fourth-order valence-corrected chi connectivity index (χ4v) is 4.68. The second kappa shape index (κ2) is 4.66. The van der Waals surface area contributed by atoms with Gasteiger partial charge in [-0.25, -0.2) is 4.79 Å². The van der Waals surface area contributed by atoms with Gasteiger partial charge < -0.3 is 9.97 Å². The minimum absolute atomic E-state index is 0.0575. The van der Waals surface area contributed by atoms with Gasteiger partial charge in [-0.15, -0.1) is 11.6 Å². The molecule has 0 spiro atoms. The van der Waals surface area contributed by atoms with E-state index in [-0.39, 0.29) is 11.1 Å². The maximum Gasteiger partial charge on any atom is 0.323 e. The molecule has 4 rings (SSSR count). The summed E-state index contributed by atoms with van der Waals surface area (Å²) in [7, 11) is 0. The van der Waals surface area contributed by atoms with Crippen molar-refractivity contribution < 1.29 is 0 Å². The van der Waals surface area contributed by atoms with Crippen LogP contribution in [0, 0.1) is 17.8 Å². The van der Waals surface area contributed by atoms with Gasteiger partial charge in [0.2, 0.25) is 0 Å². The molecule has 1 aromatic carbocycles. The van der Waals surface area contributed by atoms with Crippen LogP contribution in [0.5, 0.6) is 0 Å². The highest BCUT2D eigenvalue weighted by Gasteiger charge is 2.40. The van der Waals surface area contributed by atoms with E-state index in [2.05, 4.69) is 9.97 Å². The van der Waals surface area contributed by atoms with Gasteiger partial charge >= 0.3 is 5.69 Å². The van der Waals surface area contributed by atoms with Gasteiger partial charge in [-0.2, -0.15) is 0 Å². The quantitative estimate of drug-likeness (QED) is 0.826. The minimum Gasteiger partial charge on any atom is -0.306 e. The fraction of sp³-hybridized carbons (Fsp3) is 0.562. The zero-order valence-corrected chi connectivity index (χ0v) is 12.1. The van der Waals surface area contributed by atoms with Crippen molar-refractivity contribution in [2.45, 2.75) is 37.5 Å². The number of rotatable bonds is 3. The molecular weight excluding hydrogens is 272 g/mol. The van der Waals surface area contributed by atoms with Crippen LogP contribution in [-0.2, 0) is 0 Å². The third kappa shape index (κ3) is 2.08. The van der Waals surface area contributed by atoms with Gasteiger partial charge in [0.05, 0.1) is 16.4 Å². The Labute approximate surface area is 122 Å². The van der Waals surface area contributed by atoms with Crippen molar-refractivity contribution in [2.24, 2.45) is 17.8 Å². The van der Waals surface area contributed by atoms with E-state index in [4.69, 9.17) is 11.6 Å². The van der Waals surface area contributed by atoms with Gasteiger partial charge in [-0.3, -0.25) is 0 Å². The highest BCUT2D eigenvalue weighted by Crippen LogP contribution is 2.51. The number of aromatic nitrogens is 2. The number of alkyl halides is 1. The predicted molar refractivity (Wildman–Crippen MR) is 81.1 cm³/mol. The monoisotopic (exact) mass is 290 g/mol. The van der Waals surface area contributed by atoms with Crippen molar-refractivity contribution in [2.75, 3.05) is 0 Å². The number of nitrogens with one attached hydrogen (secondary N) is 2. The van der Waals surface area contributed by atoms with Gasteiger partial charge in [-0.05, 0) is 61.1 Å². The van der Waals surface area contributed by atoms with Crippen LogP contribution in [0.15, 0.2) is 23.0 Å². The van der Waals surface area contributed by atoms with Gasteiger partial charge in [0.25, 0.3) is 0 Å². The summed E-state index contributed by atoms with van der Waals surface area (Å²) in [6, 6.07) is 5.99. The Morgan fingerprint density at radius 2 is 2.05 bits per heavy atom. The molecule has 2 N–H and O–H groups in total. The first kappa shape index (κ1) is 12.5. The van der Waals surface area contributed by atoms with E-state index < -0.39 is 0 Å². The van der Waals surface area contributed by atoms with Crippen LogP contribution < -0.4 is 5.69 Å². The topological polar surface area (TPSA) is 48.6 Å². The number of hydrogen-bond donors (Lipinski definition) is 2. The molecule has 2 fully saturated rings. The fourth-order valence-electron chi connectivity index (χ4n) is 4.31. The molecule has 4 unspecified atom stereocenters. The molecule has 1 aromatic heterocycles. The molecule has 2 saturated carbocycles. The summed E-state index contributed by atoms with van der Waals surface area (Å²) in [5.41, 5.74) is 2.67. The van der Waals surface area contributed by atoms with E-state index in [1.165, 1.54) is 25.7 Å². The lowest BCUT2D eigenvalue weighted by molar-refractivity contribution is 0.312. The minimum atomic E-state index is -0.156. The van der Waals surface area contributed by atoms with E-state index in [1.54, 1.807) is 0 Å². The lowest BCUT2D eigenvalue weighted by Crippen LogP contribution is -2.12.